The molecule has 4 aromatic rings. The molecule has 0 bridgehead atoms. The summed E-state index contributed by atoms with van der Waals surface area (Å²) in [6.45, 7) is 5.04. The molecule has 13 heteroatoms. The molecule has 0 saturated carbocycles. The summed E-state index contributed by atoms with van der Waals surface area (Å²) in [4.78, 5) is 30.2. The van der Waals surface area contributed by atoms with Crippen LogP contribution < -0.4 is 10.6 Å². The number of carbonyl (C=O) groups is 1. The van der Waals surface area contributed by atoms with Gasteiger partial charge in [0.2, 0.25) is 5.95 Å². The number of hydrogen-bond acceptors (Lipinski definition) is 7. The van der Waals surface area contributed by atoms with E-state index in [1.165, 1.54) is 12.1 Å². The molecular formula is C30H30BrClF3N7O. The molecule has 5 rings (SSSR count). The molecule has 1 aliphatic heterocycles. The minimum atomic E-state index is -4.58. The summed E-state index contributed by atoms with van der Waals surface area (Å²) >= 11 is 3.41. The molecule has 0 spiro atoms. The van der Waals surface area contributed by atoms with E-state index in [4.69, 9.17) is 0 Å². The largest absolute Gasteiger partial charge is 0.416 e. The van der Waals surface area contributed by atoms with E-state index in [1.54, 1.807) is 42.9 Å². The van der Waals surface area contributed by atoms with E-state index in [1.807, 2.05) is 24.9 Å². The molecule has 1 amide bonds. The van der Waals surface area contributed by atoms with Crippen LogP contribution in [0.25, 0.3) is 11.3 Å². The van der Waals surface area contributed by atoms with Crippen molar-refractivity contribution in [2.45, 2.75) is 19.6 Å². The van der Waals surface area contributed by atoms with E-state index in [-0.39, 0.29) is 30.1 Å². The molecule has 0 atom stereocenters. The van der Waals surface area contributed by atoms with Crippen LogP contribution in [0.5, 0.6) is 0 Å². The Balaban J connectivity index is 0.00000423. The molecule has 226 valence electrons. The predicted octanol–water partition coefficient (Wildman–Crippen LogP) is 6.79. The number of aryl methyl sites for hydroxylation is 1. The first-order chi connectivity index (χ1) is 20.0. The van der Waals surface area contributed by atoms with Crippen LogP contribution in [0, 0.1) is 6.92 Å². The fourth-order valence-corrected chi connectivity index (χ4v) is 5.02. The number of alkyl halides is 3. The average molecular weight is 677 g/mol. The number of benzene rings is 2. The van der Waals surface area contributed by atoms with E-state index in [9.17, 15) is 18.0 Å². The van der Waals surface area contributed by atoms with Gasteiger partial charge >= 0.3 is 6.18 Å². The highest BCUT2D eigenvalue weighted by Crippen LogP contribution is 2.34. The van der Waals surface area contributed by atoms with Gasteiger partial charge in [-0.25, -0.2) is 9.97 Å². The number of anilines is 3. The van der Waals surface area contributed by atoms with Gasteiger partial charge in [-0.2, -0.15) is 13.2 Å². The Labute approximate surface area is 262 Å². The van der Waals surface area contributed by atoms with Crippen LogP contribution >= 0.6 is 28.3 Å². The molecule has 1 saturated heterocycles. The first-order valence-corrected chi connectivity index (χ1v) is 14.1. The molecule has 1 aliphatic rings. The van der Waals surface area contributed by atoms with Crippen molar-refractivity contribution in [3.63, 3.8) is 0 Å². The smallest absolute Gasteiger partial charge is 0.324 e. The Bertz CT molecular complexity index is 1600. The maximum atomic E-state index is 14.0. The molecule has 2 N–H and O–H groups in total. The van der Waals surface area contributed by atoms with E-state index in [0.717, 1.165) is 34.8 Å². The topological polar surface area (TPSA) is 86.3 Å². The summed E-state index contributed by atoms with van der Waals surface area (Å²) in [7, 11) is 1.99. The lowest BCUT2D eigenvalue weighted by Crippen LogP contribution is -2.44. The van der Waals surface area contributed by atoms with Gasteiger partial charge in [0.05, 0.1) is 11.3 Å². The number of aromatic nitrogens is 3. The van der Waals surface area contributed by atoms with Crippen molar-refractivity contribution in [3.05, 3.63) is 93.8 Å². The van der Waals surface area contributed by atoms with Crippen LogP contribution in [0.4, 0.5) is 30.5 Å². The third-order valence-electron chi connectivity index (χ3n) is 7.07. The van der Waals surface area contributed by atoms with Crippen LogP contribution in [0.3, 0.4) is 0 Å². The molecule has 43 heavy (non-hydrogen) atoms. The second kappa shape index (κ2) is 13.8. The van der Waals surface area contributed by atoms with Crippen molar-refractivity contribution in [1.82, 2.24) is 24.8 Å². The third kappa shape index (κ3) is 8.29. The summed E-state index contributed by atoms with van der Waals surface area (Å²) < 4.78 is 42.9. The van der Waals surface area contributed by atoms with E-state index < -0.39 is 17.6 Å². The lowest BCUT2D eigenvalue weighted by molar-refractivity contribution is -0.138. The summed E-state index contributed by atoms with van der Waals surface area (Å²) in [6, 6.07) is 12.6. The molecule has 2 aromatic carbocycles. The van der Waals surface area contributed by atoms with Crippen molar-refractivity contribution < 1.29 is 18.0 Å². The Morgan fingerprint density at radius 3 is 2.51 bits per heavy atom. The van der Waals surface area contributed by atoms with E-state index in [0.29, 0.717) is 36.1 Å². The van der Waals surface area contributed by atoms with Gasteiger partial charge in [0, 0.05) is 78.3 Å². The number of amides is 1. The Morgan fingerprint density at radius 1 is 1.02 bits per heavy atom. The number of nitrogens with zero attached hydrogens (tertiary/aromatic N) is 5. The second-order valence-electron chi connectivity index (χ2n) is 10.2. The number of piperazine rings is 1. The minimum absolute atomic E-state index is 0. The summed E-state index contributed by atoms with van der Waals surface area (Å²) in [6.07, 6.45) is 0.416. The van der Waals surface area contributed by atoms with Gasteiger partial charge in [-0.05, 0) is 77.4 Å². The molecule has 3 heterocycles. The number of hydrogen-bond donors (Lipinski definition) is 2. The quantitative estimate of drug-likeness (QED) is 0.223. The maximum absolute atomic E-state index is 14.0. The predicted molar refractivity (Wildman–Crippen MR) is 167 cm³/mol. The molecule has 8 nitrogen and oxygen atoms in total. The fourth-order valence-electron chi connectivity index (χ4n) is 4.66. The standard InChI is InChI=1S/C30H29BrF3N7O.ClH/c1-19-3-6-24(15-27(19)39-29-36-8-7-26(38-29)22-13-23(31)17-35-16-22)37-28(42)20-4-5-21(25(14-20)30(32,33)34)18-41-11-9-40(2)10-12-41;/h3-8,13-17H,9-12,18H2,1-2H3,(H,37,42)(H,36,38,39);1H. The van der Waals surface area contributed by atoms with Crippen LogP contribution in [-0.4, -0.2) is 63.9 Å². The zero-order chi connectivity index (χ0) is 29.9. The van der Waals surface area contributed by atoms with Crippen molar-refractivity contribution >= 4 is 51.6 Å². The summed E-state index contributed by atoms with van der Waals surface area (Å²) in [5.74, 6) is -0.299. The number of rotatable bonds is 7. The minimum Gasteiger partial charge on any atom is -0.324 e. The first-order valence-electron chi connectivity index (χ1n) is 13.3. The Morgan fingerprint density at radius 2 is 1.79 bits per heavy atom. The zero-order valence-corrected chi connectivity index (χ0v) is 25.9. The maximum Gasteiger partial charge on any atom is 0.416 e. The first kappa shape index (κ1) is 32.3. The number of carbonyl (C=O) groups excluding carboxylic acids is 1. The summed E-state index contributed by atoms with van der Waals surface area (Å²) in [5.41, 5.74) is 2.67. The highest BCUT2D eigenvalue weighted by Gasteiger charge is 2.34. The van der Waals surface area contributed by atoms with Crippen LogP contribution in [0.2, 0.25) is 0 Å². The number of halogens is 5. The van der Waals surface area contributed by atoms with Gasteiger partial charge < -0.3 is 15.5 Å². The average Bonchev–Trinajstić information content (AvgIpc) is 2.96. The normalized spacial score (nSPS) is 14.2. The zero-order valence-electron chi connectivity index (χ0n) is 23.5. The molecular weight excluding hydrogens is 647 g/mol. The molecule has 0 radical (unpaired) electrons. The lowest BCUT2D eigenvalue weighted by Gasteiger charge is -2.33. The van der Waals surface area contributed by atoms with Gasteiger partial charge in [-0.3, -0.25) is 14.7 Å². The molecule has 0 unspecified atom stereocenters. The lowest BCUT2D eigenvalue weighted by atomic mass is 10.0. The Hall–Kier alpha value is -3.58. The van der Waals surface area contributed by atoms with Gasteiger partial charge in [0.1, 0.15) is 0 Å². The van der Waals surface area contributed by atoms with Gasteiger partial charge in [-0.15, -0.1) is 12.4 Å². The molecule has 0 aliphatic carbocycles. The van der Waals surface area contributed by atoms with Crippen molar-refractivity contribution in [1.29, 1.82) is 0 Å². The van der Waals surface area contributed by atoms with Crippen LogP contribution in [-0.2, 0) is 12.7 Å². The number of pyridine rings is 1. The second-order valence-corrected chi connectivity index (χ2v) is 11.1. The van der Waals surface area contributed by atoms with E-state index >= 15 is 0 Å². The van der Waals surface area contributed by atoms with Crippen molar-refractivity contribution in [2.24, 2.45) is 0 Å². The van der Waals surface area contributed by atoms with Crippen LogP contribution in [0.15, 0.2) is 71.6 Å². The monoisotopic (exact) mass is 675 g/mol. The number of likely N-dealkylation sites (N-methyl/N-ethyl adjacent to an activating group) is 1. The van der Waals surface area contributed by atoms with Gasteiger partial charge in [-0.1, -0.05) is 12.1 Å². The fraction of sp³-hybridized carbons (Fsp3) is 0.267. The van der Waals surface area contributed by atoms with Gasteiger partial charge in [0.15, 0.2) is 0 Å². The van der Waals surface area contributed by atoms with Gasteiger partial charge in [0.25, 0.3) is 5.91 Å². The number of nitrogens with one attached hydrogen (secondary N) is 2. The molecule has 1 fully saturated rings. The van der Waals surface area contributed by atoms with Crippen molar-refractivity contribution in [3.8, 4) is 11.3 Å². The third-order valence-corrected chi connectivity index (χ3v) is 7.50. The highest BCUT2D eigenvalue weighted by atomic mass is 79.9. The SMILES string of the molecule is Cc1ccc(NC(=O)c2ccc(CN3CCN(C)CC3)c(C(F)(F)F)c2)cc1Nc1nccc(-c2cncc(Br)c2)n1.Cl. The Kier molecular flexibility index (Phi) is 10.4. The van der Waals surface area contributed by atoms with E-state index in [2.05, 4.69) is 46.4 Å². The molecule has 2 aromatic heterocycles. The van der Waals surface area contributed by atoms with Crippen molar-refractivity contribution in [2.75, 3.05) is 43.9 Å². The highest BCUT2D eigenvalue weighted by molar-refractivity contribution is 9.10. The van der Waals surface area contributed by atoms with Crippen LogP contribution in [0.1, 0.15) is 27.0 Å². The summed E-state index contributed by atoms with van der Waals surface area (Å²) in [5, 5.41) is 5.89.